The topological polar surface area (TPSA) is 28.2 Å². The molecule has 0 spiro atoms. The van der Waals surface area contributed by atoms with Gasteiger partial charge >= 0.3 is 0 Å². The molecule has 3 rings (SSSR count). The Morgan fingerprint density at radius 3 is 2.79 bits per heavy atom. The maximum Gasteiger partial charge on any atom is 0.133 e. The third-order valence-corrected chi connectivity index (χ3v) is 4.82. The van der Waals surface area contributed by atoms with Gasteiger partial charge in [0, 0.05) is 30.9 Å². The highest BCUT2D eigenvalue weighted by molar-refractivity contribution is 5.49. The Kier molecular flexibility index (Phi) is 3.74. The Labute approximate surface area is 116 Å². The van der Waals surface area contributed by atoms with Crippen LogP contribution in [0.1, 0.15) is 44.7 Å². The van der Waals surface area contributed by atoms with E-state index < -0.39 is 0 Å². The van der Waals surface area contributed by atoms with E-state index in [4.69, 9.17) is 0 Å². The molecule has 3 heteroatoms. The molecule has 1 aliphatic carbocycles. The molecular formula is C16H25N3. The molecule has 2 fully saturated rings. The summed E-state index contributed by atoms with van der Waals surface area (Å²) >= 11 is 0. The lowest BCUT2D eigenvalue weighted by molar-refractivity contribution is 0.494. The number of hydrogen-bond donors (Lipinski definition) is 1. The molecule has 1 N–H and O–H groups in total. The van der Waals surface area contributed by atoms with Crippen LogP contribution in [0.25, 0.3) is 0 Å². The van der Waals surface area contributed by atoms with E-state index in [1.165, 1.54) is 43.7 Å². The normalized spacial score (nSPS) is 27.6. The molecule has 0 radical (unpaired) electrons. The summed E-state index contributed by atoms with van der Waals surface area (Å²) in [6.45, 7) is 7.83. The molecule has 2 aliphatic rings. The van der Waals surface area contributed by atoms with Gasteiger partial charge in [0.25, 0.3) is 0 Å². The summed E-state index contributed by atoms with van der Waals surface area (Å²) < 4.78 is 0. The monoisotopic (exact) mass is 259 g/mol. The Morgan fingerprint density at radius 2 is 2.11 bits per heavy atom. The van der Waals surface area contributed by atoms with Crippen molar-refractivity contribution in [3.05, 3.63) is 23.9 Å². The molecule has 1 aromatic rings. The SMILES string of the molecule is CCNC(C)c1cccnc1N1CC2CCCC2C1. The van der Waals surface area contributed by atoms with Crippen molar-refractivity contribution in [2.75, 3.05) is 24.5 Å². The Morgan fingerprint density at radius 1 is 1.37 bits per heavy atom. The number of anilines is 1. The van der Waals surface area contributed by atoms with Gasteiger partial charge in [0.15, 0.2) is 0 Å². The highest BCUT2D eigenvalue weighted by Gasteiger charge is 2.37. The third-order valence-electron chi connectivity index (χ3n) is 4.82. The molecule has 1 aromatic heterocycles. The molecule has 1 saturated carbocycles. The van der Waals surface area contributed by atoms with Crippen LogP contribution < -0.4 is 10.2 Å². The van der Waals surface area contributed by atoms with E-state index in [1.54, 1.807) is 0 Å². The van der Waals surface area contributed by atoms with Gasteiger partial charge in [0.1, 0.15) is 5.82 Å². The first kappa shape index (κ1) is 12.9. The molecule has 3 unspecified atom stereocenters. The lowest BCUT2D eigenvalue weighted by Crippen LogP contribution is -2.26. The number of hydrogen-bond acceptors (Lipinski definition) is 3. The molecule has 104 valence electrons. The van der Waals surface area contributed by atoms with E-state index in [1.807, 2.05) is 6.20 Å². The maximum absolute atomic E-state index is 4.68. The quantitative estimate of drug-likeness (QED) is 0.901. The standard InChI is InChI=1S/C16H25N3/c1-3-17-12(2)15-8-5-9-18-16(15)19-10-13-6-4-7-14(13)11-19/h5,8-9,12-14,17H,3-4,6-7,10-11H2,1-2H3. The Balaban J connectivity index is 1.81. The second-order valence-corrected chi connectivity index (χ2v) is 6.05. The zero-order chi connectivity index (χ0) is 13.2. The molecule has 0 bridgehead atoms. The fourth-order valence-electron chi connectivity index (χ4n) is 3.84. The Bertz CT molecular complexity index is 420. The predicted molar refractivity (Wildman–Crippen MR) is 79.4 cm³/mol. The second kappa shape index (κ2) is 5.49. The van der Waals surface area contributed by atoms with Gasteiger partial charge in [-0.1, -0.05) is 19.4 Å². The summed E-state index contributed by atoms with van der Waals surface area (Å²) in [5.74, 6) is 3.05. The van der Waals surface area contributed by atoms with E-state index in [0.717, 1.165) is 18.4 Å². The zero-order valence-corrected chi connectivity index (χ0v) is 12.1. The number of pyridine rings is 1. The summed E-state index contributed by atoms with van der Waals surface area (Å²) in [6.07, 6.45) is 6.22. The Hall–Kier alpha value is -1.09. The van der Waals surface area contributed by atoms with Gasteiger partial charge in [-0.3, -0.25) is 0 Å². The van der Waals surface area contributed by atoms with Crippen LogP contribution in [0.5, 0.6) is 0 Å². The summed E-state index contributed by atoms with van der Waals surface area (Å²) in [5, 5.41) is 3.51. The van der Waals surface area contributed by atoms with Crippen molar-refractivity contribution < 1.29 is 0 Å². The number of fused-ring (bicyclic) bond motifs is 1. The van der Waals surface area contributed by atoms with Crippen molar-refractivity contribution in [3.63, 3.8) is 0 Å². The zero-order valence-electron chi connectivity index (χ0n) is 12.1. The average molecular weight is 259 g/mol. The van der Waals surface area contributed by atoms with Crippen LogP contribution in [0.3, 0.4) is 0 Å². The molecule has 1 saturated heterocycles. The van der Waals surface area contributed by atoms with Gasteiger partial charge in [-0.15, -0.1) is 0 Å². The van der Waals surface area contributed by atoms with Crippen molar-refractivity contribution in [1.29, 1.82) is 0 Å². The van der Waals surface area contributed by atoms with Gasteiger partial charge in [0.05, 0.1) is 0 Å². The molecular weight excluding hydrogens is 234 g/mol. The van der Waals surface area contributed by atoms with Crippen LogP contribution in [-0.4, -0.2) is 24.6 Å². The maximum atomic E-state index is 4.68. The third kappa shape index (κ3) is 2.48. The predicted octanol–water partition coefficient (Wildman–Crippen LogP) is 2.99. The van der Waals surface area contributed by atoms with Crippen LogP contribution >= 0.6 is 0 Å². The average Bonchev–Trinajstić information content (AvgIpc) is 2.99. The van der Waals surface area contributed by atoms with E-state index in [0.29, 0.717) is 6.04 Å². The minimum absolute atomic E-state index is 0.383. The van der Waals surface area contributed by atoms with Gasteiger partial charge in [-0.2, -0.15) is 0 Å². The van der Waals surface area contributed by atoms with Crippen LogP contribution in [0.15, 0.2) is 18.3 Å². The van der Waals surface area contributed by atoms with Gasteiger partial charge < -0.3 is 10.2 Å². The minimum atomic E-state index is 0.383. The van der Waals surface area contributed by atoms with Crippen molar-refractivity contribution in [2.45, 2.75) is 39.2 Å². The van der Waals surface area contributed by atoms with Crippen LogP contribution in [0.2, 0.25) is 0 Å². The molecule has 19 heavy (non-hydrogen) atoms. The number of aromatic nitrogens is 1. The van der Waals surface area contributed by atoms with Crippen LogP contribution in [0.4, 0.5) is 5.82 Å². The van der Waals surface area contributed by atoms with E-state index in [2.05, 4.69) is 41.2 Å². The van der Waals surface area contributed by atoms with Gasteiger partial charge in [-0.05, 0) is 44.2 Å². The molecule has 1 aliphatic heterocycles. The lowest BCUT2D eigenvalue weighted by Gasteiger charge is -2.24. The highest BCUT2D eigenvalue weighted by atomic mass is 15.2. The fourth-order valence-corrected chi connectivity index (χ4v) is 3.84. The number of rotatable bonds is 4. The van der Waals surface area contributed by atoms with Gasteiger partial charge in [-0.25, -0.2) is 4.98 Å². The summed E-state index contributed by atoms with van der Waals surface area (Å²) in [4.78, 5) is 7.20. The highest BCUT2D eigenvalue weighted by Crippen LogP contribution is 2.40. The van der Waals surface area contributed by atoms with Crippen molar-refractivity contribution in [3.8, 4) is 0 Å². The summed E-state index contributed by atoms with van der Waals surface area (Å²) in [6, 6.07) is 4.67. The van der Waals surface area contributed by atoms with Crippen LogP contribution in [-0.2, 0) is 0 Å². The first-order valence-electron chi connectivity index (χ1n) is 7.72. The number of nitrogens with one attached hydrogen (secondary N) is 1. The first-order valence-corrected chi connectivity index (χ1v) is 7.72. The fraction of sp³-hybridized carbons (Fsp3) is 0.688. The van der Waals surface area contributed by atoms with Crippen molar-refractivity contribution >= 4 is 5.82 Å². The summed E-state index contributed by atoms with van der Waals surface area (Å²) in [7, 11) is 0. The van der Waals surface area contributed by atoms with Crippen molar-refractivity contribution in [2.24, 2.45) is 11.8 Å². The van der Waals surface area contributed by atoms with Crippen LogP contribution in [0, 0.1) is 11.8 Å². The largest absolute Gasteiger partial charge is 0.356 e. The molecule has 0 amide bonds. The number of nitrogens with zero attached hydrogens (tertiary/aromatic N) is 2. The molecule has 2 heterocycles. The van der Waals surface area contributed by atoms with E-state index in [9.17, 15) is 0 Å². The lowest BCUT2D eigenvalue weighted by atomic mass is 10.0. The molecule has 3 atom stereocenters. The first-order chi connectivity index (χ1) is 9.29. The van der Waals surface area contributed by atoms with E-state index >= 15 is 0 Å². The second-order valence-electron chi connectivity index (χ2n) is 6.05. The minimum Gasteiger partial charge on any atom is -0.356 e. The van der Waals surface area contributed by atoms with E-state index in [-0.39, 0.29) is 0 Å². The van der Waals surface area contributed by atoms with Gasteiger partial charge in [0.2, 0.25) is 0 Å². The van der Waals surface area contributed by atoms with Crippen molar-refractivity contribution in [1.82, 2.24) is 10.3 Å². The molecule has 0 aromatic carbocycles. The molecule has 3 nitrogen and oxygen atoms in total. The smallest absolute Gasteiger partial charge is 0.133 e. The summed E-state index contributed by atoms with van der Waals surface area (Å²) in [5.41, 5.74) is 1.35.